The van der Waals surface area contributed by atoms with Crippen molar-refractivity contribution in [2.24, 2.45) is 0 Å². The van der Waals surface area contributed by atoms with Gasteiger partial charge in [-0.15, -0.1) is 0 Å². The summed E-state index contributed by atoms with van der Waals surface area (Å²) >= 11 is 0. The van der Waals surface area contributed by atoms with Gasteiger partial charge < -0.3 is 15.0 Å². The van der Waals surface area contributed by atoms with E-state index in [1.165, 1.54) is 6.42 Å². The van der Waals surface area contributed by atoms with E-state index in [9.17, 15) is 4.79 Å². The number of likely N-dealkylation sites (tertiary alicyclic amines) is 1. The van der Waals surface area contributed by atoms with Gasteiger partial charge in [-0.1, -0.05) is 0 Å². The summed E-state index contributed by atoms with van der Waals surface area (Å²) in [6.07, 6.45) is 4.24. The summed E-state index contributed by atoms with van der Waals surface area (Å²) in [7, 11) is 1.97. The first kappa shape index (κ1) is 11.9. The second-order valence-corrected chi connectivity index (χ2v) is 4.92. The van der Waals surface area contributed by atoms with Crippen molar-refractivity contribution in [1.29, 1.82) is 0 Å². The lowest BCUT2D eigenvalue weighted by molar-refractivity contribution is -0.144. The van der Waals surface area contributed by atoms with E-state index in [-0.39, 0.29) is 18.1 Å². The molecule has 3 atom stereocenters. The standard InChI is InChI=1S/C12H22N2O2/c1-9-5-6-11(16-9)12(15)14-7-3-4-10(8-14)13-2/h9-11,13H,3-8H2,1-2H3. The summed E-state index contributed by atoms with van der Waals surface area (Å²) in [5.41, 5.74) is 0. The van der Waals surface area contributed by atoms with Gasteiger partial charge in [0.2, 0.25) is 0 Å². The molecule has 0 aromatic carbocycles. The fourth-order valence-electron chi connectivity index (χ4n) is 2.60. The first-order valence-corrected chi connectivity index (χ1v) is 6.32. The van der Waals surface area contributed by atoms with Crippen LogP contribution in [0.2, 0.25) is 0 Å². The van der Waals surface area contributed by atoms with E-state index in [0.717, 1.165) is 32.4 Å². The van der Waals surface area contributed by atoms with E-state index in [4.69, 9.17) is 4.74 Å². The lowest BCUT2D eigenvalue weighted by atomic mass is 10.0. The van der Waals surface area contributed by atoms with Crippen molar-refractivity contribution in [3.8, 4) is 0 Å². The lowest BCUT2D eigenvalue weighted by Crippen LogP contribution is -2.50. The van der Waals surface area contributed by atoms with Crippen LogP contribution in [0.1, 0.15) is 32.6 Å². The number of ether oxygens (including phenoxy) is 1. The zero-order valence-electron chi connectivity index (χ0n) is 10.2. The number of carbonyl (C=O) groups is 1. The number of rotatable bonds is 2. The third-order valence-corrected chi connectivity index (χ3v) is 3.65. The highest BCUT2D eigenvalue weighted by Gasteiger charge is 2.33. The topological polar surface area (TPSA) is 41.6 Å². The van der Waals surface area contributed by atoms with Crippen LogP contribution in [0.4, 0.5) is 0 Å². The molecule has 16 heavy (non-hydrogen) atoms. The molecule has 4 nitrogen and oxygen atoms in total. The average Bonchev–Trinajstić information content (AvgIpc) is 2.75. The molecule has 0 aromatic heterocycles. The lowest BCUT2D eigenvalue weighted by Gasteiger charge is -2.34. The first-order chi connectivity index (χ1) is 7.70. The molecule has 2 heterocycles. The van der Waals surface area contributed by atoms with Gasteiger partial charge in [-0.25, -0.2) is 0 Å². The van der Waals surface area contributed by atoms with E-state index >= 15 is 0 Å². The maximum absolute atomic E-state index is 12.2. The SMILES string of the molecule is CNC1CCCN(C(=O)C2CCC(C)O2)C1. The van der Waals surface area contributed by atoms with Gasteiger partial charge in [0, 0.05) is 19.1 Å². The Morgan fingerprint density at radius 3 is 2.81 bits per heavy atom. The highest BCUT2D eigenvalue weighted by Crippen LogP contribution is 2.22. The summed E-state index contributed by atoms with van der Waals surface area (Å²) in [5.74, 6) is 0.198. The molecule has 0 bridgehead atoms. The summed E-state index contributed by atoms with van der Waals surface area (Å²) < 4.78 is 5.63. The summed E-state index contributed by atoms with van der Waals surface area (Å²) in [6.45, 7) is 3.77. The van der Waals surface area contributed by atoms with E-state index in [1.54, 1.807) is 0 Å². The predicted octanol–water partition coefficient (Wildman–Crippen LogP) is 0.764. The number of likely N-dealkylation sites (N-methyl/N-ethyl adjacent to an activating group) is 1. The Morgan fingerprint density at radius 2 is 2.19 bits per heavy atom. The monoisotopic (exact) mass is 226 g/mol. The Morgan fingerprint density at radius 1 is 1.38 bits per heavy atom. The predicted molar refractivity (Wildman–Crippen MR) is 62.2 cm³/mol. The average molecular weight is 226 g/mol. The van der Waals surface area contributed by atoms with Gasteiger partial charge in [-0.3, -0.25) is 4.79 Å². The van der Waals surface area contributed by atoms with E-state index in [2.05, 4.69) is 5.32 Å². The zero-order valence-corrected chi connectivity index (χ0v) is 10.2. The van der Waals surface area contributed by atoms with Gasteiger partial charge >= 0.3 is 0 Å². The fraction of sp³-hybridized carbons (Fsp3) is 0.917. The van der Waals surface area contributed by atoms with Gasteiger partial charge in [0.15, 0.2) is 0 Å². The molecule has 92 valence electrons. The van der Waals surface area contributed by atoms with Crippen molar-refractivity contribution in [2.45, 2.75) is 50.9 Å². The zero-order chi connectivity index (χ0) is 11.5. The molecule has 0 spiro atoms. The van der Waals surface area contributed by atoms with Crippen LogP contribution in [-0.4, -0.2) is 49.2 Å². The molecular formula is C12H22N2O2. The second kappa shape index (κ2) is 5.15. The number of hydrogen-bond donors (Lipinski definition) is 1. The molecule has 0 radical (unpaired) electrons. The third kappa shape index (κ3) is 2.55. The molecule has 0 saturated carbocycles. The van der Waals surface area contributed by atoms with Crippen LogP contribution in [0.25, 0.3) is 0 Å². The van der Waals surface area contributed by atoms with Crippen LogP contribution in [0.3, 0.4) is 0 Å². The Kier molecular flexibility index (Phi) is 3.82. The molecule has 2 fully saturated rings. The molecule has 0 aromatic rings. The second-order valence-electron chi connectivity index (χ2n) is 4.92. The maximum Gasteiger partial charge on any atom is 0.251 e. The Hall–Kier alpha value is -0.610. The number of nitrogens with one attached hydrogen (secondary N) is 1. The van der Waals surface area contributed by atoms with Crippen LogP contribution < -0.4 is 5.32 Å². The summed E-state index contributed by atoms with van der Waals surface area (Å²) in [5, 5.41) is 3.25. The highest BCUT2D eigenvalue weighted by molar-refractivity contribution is 5.81. The van der Waals surface area contributed by atoms with Gasteiger partial charge in [-0.2, -0.15) is 0 Å². The van der Waals surface area contributed by atoms with Crippen LogP contribution in [0.5, 0.6) is 0 Å². The minimum Gasteiger partial charge on any atom is -0.365 e. The molecule has 1 N–H and O–H groups in total. The molecule has 2 aliphatic rings. The van der Waals surface area contributed by atoms with Crippen molar-refractivity contribution in [1.82, 2.24) is 10.2 Å². The number of hydrogen-bond acceptors (Lipinski definition) is 3. The Balaban J connectivity index is 1.89. The van der Waals surface area contributed by atoms with Crippen LogP contribution in [-0.2, 0) is 9.53 Å². The molecule has 4 heteroatoms. The molecule has 1 amide bonds. The van der Waals surface area contributed by atoms with Gasteiger partial charge in [0.1, 0.15) is 6.10 Å². The van der Waals surface area contributed by atoms with Crippen molar-refractivity contribution >= 4 is 5.91 Å². The maximum atomic E-state index is 12.2. The summed E-state index contributed by atoms with van der Waals surface area (Å²) in [6, 6.07) is 0.455. The third-order valence-electron chi connectivity index (χ3n) is 3.65. The Bertz CT molecular complexity index is 257. The van der Waals surface area contributed by atoms with E-state index in [0.29, 0.717) is 6.04 Å². The van der Waals surface area contributed by atoms with Crippen LogP contribution in [0, 0.1) is 0 Å². The van der Waals surface area contributed by atoms with Gasteiger partial charge in [0.25, 0.3) is 5.91 Å². The van der Waals surface area contributed by atoms with Crippen molar-refractivity contribution in [3.05, 3.63) is 0 Å². The smallest absolute Gasteiger partial charge is 0.251 e. The molecule has 2 saturated heterocycles. The minimum atomic E-state index is -0.175. The summed E-state index contributed by atoms with van der Waals surface area (Å²) in [4.78, 5) is 14.1. The quantitative estimate of drug-likeness (QED) is 0.756. The number of carbonyl (C=O) groups excluding carboxylic acids is 1. The Labute approximate surface area is 97.3 Å². The first-order valence-electron chi connectivity index (χ1n) is 6.32. The van der Waals surface area contributed by atoms with Crippen molar-refractivity contribution < 1.29 is 9.53 Å². The number of nitrogens with zero attached hydrogens (tertiary/aromatic N) is 1. The van der Waals surface area contributed by atoms with Gasteiger partial charge in [-0.05, 0) is 39.7 Å². The molecular weight excluding hydrogens is 204 g/mol. The fourth-order valence-corrected chi connectivity index (χ4v) is 2.60. The van der Waals surface area contributed by atoms with Gasteiger partial charge in [0.05, 0.1) is 6.10 Å². The minimum absolute atomic E-state index is 0.175. The number of piperidine rings is 1. The van der Waals surface area contributed by atoms with Crippen LogP contribution >= 0.6 is 0 Å². The number of amides is 1. The largest absolute Gasteiger partial charge is 0.365 e. The molecule has 2 aliphatic heterocycles. The van der Waals surface area contributed by atoms with E-state index in [1.807, 2.05) is 18.9 Å². The molecule has 3 unspecified atom stereocenters. The molecule has 2 rings (SSSR count). The van der Waals surface area contributed by atoms with Crippen molar-refractivity contribution in [3.63, 3.8) is 0 Å². The van der Waals surface area contributed by atoms with Crippen LogP contribution in [0.15, 0.2) is 0 Å². The highest BCUT2D eigenvalue weighted by atomic mass is 16.5. The van der Waals surface area contributed by atoms with E-state index < -0.39 is 0 Å². The normalized spacial score (nSPS) is 35.4. The molecule has 0 aliphatic carbocycles. The van der Waals surface area contributed by atoms with Crippen molar-refractivity contribution in [2.75, 3.05) is 20.1 Å².